The average Bonchev–Trinajstić information content (AvgIpc) is 2.51. The zero-order valence-corrected chi connectivity index (χ0v) is 14.9. The van der Waals surface area contributed by atoms with Crippen molar-refractivity contribution in [3.05, 3.63) is 30.5 Å². The van der Waals surface area contributed by atoms with Gasteiger partial charge in [0.15, 0.2) is 0 Å². The molecule has 10 heteroatoms. The molecule has 0 unspecified atom stereocenters. The number of nitrogens with one attached hydrogen (secondary N) is 1. The van der Waals surface area contributed by atoms with Crippen molar-refractivity contribution in [1.82, 2.24) is 10.3 Å². The molecule has 2 heterocycles. The van der Waals surface area contributed by atoms with Crippen LogP contribution in [0.25, 0.3) is 10.9 Å². The number of hydrogen-bond donors (Lipinski definition) is 1. The van der Waals surface area contributed by atoms with Crippen molar-refractivity contribution in [2.24, 2.45) is 0 Å². The normalized spacial score (nSPS) is 21.8. The first kappa shape index (κ1) is 18.7. The Kier molecular flexibility index (Phi) is 4.74. The van der Waals surface area contributed by atoms with Gasteiger partial charge in [-0.3, -0.25) is 4.98 Å². The van der Waals surface area contributed by atoms with Gasteiger partial charge in [-0.1, -0.05) is 0 Å². The van der Waals surface area contributed by atoms with Crippen molar-refractivity contribution < 1.29 is 25.8 Å². The fourth-order valence-corrected chi connectivity index (χ4v) is 3.49. The van der Waals surface area contributed by atoms with Crippen molar-refractivity contribution in [3.63, 3.8) is 0 Å². The minimum Gasteiger partial charge on any atom is -0.376 e. The zero-order chi connectivity index (χ0) is 19.1. The largest absolute Gasteiger partial charge is 0.534 e. The van der Waals surface area contributed by atoms with Gasteiger partial charge in [0.2, 0.25) is 0 Å². The molecule has 0 radical (unpaired) electrons. The molecule has 3 rings (SSSR count). The van der Waals surface area contributed by atoms with Crippen LogP contribution in [-0.4, -0.2) is 44.1 Å². The minimum atomic E-state index is -5.70. The highest BCUT2D eigenvalue weighted by Gasteiger charge is 2.48. The number of nitrogens with zero attached hydrogens (tertiary/aromatic N) is 2. The minimum absolute atomic E-state index is 0.279. The van der Waals surface area contributed by atoms with E-state index < -0.39 is 21.4 Å². The molecule has 1 fully saturated rings. The van der Waals surface area contributed by atoms with Crippen LogP contribution in [-0.2, 0) is 10.1 Å². The van der Waals surface area contributed by atoms with Crippen molar-refractivity contribution in [2.75, 3.05) is 18.0 Å². The number of alkyl halides is 3. The van der Waals surface area contributed by atoms with E-state index in [9.17, 15) is 21.6 Å². The third-order valence-electron chi connectivity index (χ3n) is 4.05. The number of pyridine rings is 1. The number of anilines is 1. The Morgan fingerprint density at radius 1 is 1.19 bits per heavy atom. The van der Waals surface area contributed by atoms with Gasteiger partial charge in [-0.2, -0.15) is 21.6 Å². The third kappa shape index (κ3) is 3.85. The van der Waals surface area contributed by atoms with Crippen LogP contribution >= 0.6 is 0 Å². The van der Waals surface area contributed by atoms with E-state index in [4.69, 9.17) is 0 Å². The first-order chi connectivity index (χ1) is 12.0. The summed E-state index contributed by atoms with van der Waals surface area (Å²) >= 11 is 0. The topological polar surface area (TPSA) is 71.5 Å². The van der Waals surface area contributed by atoms with Crippen LogP contribution in [0.3, 0.4) is 0 Å². The van der Waals surface area contributed by atoms with E-state index in [-0.39, 0.29) is 12.1 Å². The van der Waals surface area contributed by atoms with Gasteiger partial charge < -0.3 is 14.4 Å². The molecular formula is C16H18F3N3O3S. The lowest BCUT2D eigenvalue weighted by Crippen LogP contribution is -2.54. The summed E-state index contributed by atoms with van der Waals surface area (Å²) in [7, 11) is -5.70. The molecule has 1 N–H and O–H groups in total. The molecule has 0 aliphatic carbocycles. The van der Waals surface area contributed by atoms with Gasteiger partial charge in [0.05, 0.1) is 17.4 Å². The Morgan fingerprint density at radius 3 is 2.46 bits per heavy atom. The standard InChI is InChI=1S/C16H18F3N3O3S/c1-10-8-22(9-11(2)21-10)13-5-12-6-14(3-4-15(12)20-7-13)25-26(23,24)16(17,18)19/h3-7,10-11,21H,8-9H2,1-2H3/t10-,11+. The Bertz CT molecular complexity index is 908. The summed E-state index contributed by atoms with van der Waals surface area (Å²) in [5.74, 6) is -0.407. The Balaban J connectivity index is 1.91. The molecule has 142 valence electrons. The lowest BCUT2D eigenvalue weighted by atomic mass is 10.1. The Labute approximate surface area is 149 Å². The van der Waals surface area contributed by atoms with E-state index in [0.29, 0.717) is 10.9 Å². The molecule has 6 nitrogen and oxygen atoms in total. The highest BCUT2D eigenvalue weighted by atomic mass is 32.2. The number of aromatic nitrogens is 1. The molecule has 1 aromatic heterocycles. The number of fused-ring (bicyclic) bond motifs is 1. The third-order valence-corrected chi connectivity index (χ3v) is 5.03. The lowest BCUT2D eigenvalue weighted by molar-refractivity contribution is -0.0500. The van der Waals surface area contributed by atoms with E-state index in [1.807, 2.05) is 0 Å². The molecular weight excluding hydrogens is 371 g/mol. The van der Waals surface area contributed by atoms with Gasteiger partial charge in [-0.25, -0.2) is 0 Å². The second-order valence-electron chi connectivity index (χ2n) is 6.40. The molecule has 0 amide bonds. The Hall–Kier alpha value is -2.07. The van der Waals surface area contributed by atoms with Gasteiger partial charge in [0, 0.05) is 30.6 Å². The number of benzene rings is 1. The maximum atomic E-state index is 12.5. The van der Waals surface area contributed by atoms with Crippen LogP contribution in [0, 0.1) is 0 Å². The molecule has 2 aromatic rings. The second kappa shape index (κ2) is 6.58. The number of halogens is 3. The van der Waals surface area contributed by atoms with Gasteiger partial charge >= 0.3 is 15.6 Å². The van der Waals surface area contributed by atoms with Crippen LogP contribution in [0.2, 0.25) is 0 Å². The summed E-state index contributed by atoms with van der Waals surface area (Å²) in [5, 5.41) is 3.91. The molecule has 1 aliphatic rings. The van der Waals surface area contributed by atoms with E-state index >= 15 is 0 Å². The quantitative estimate of drug-likeness (QED) is 0.643. The summed E-state index contributed by atoms with van der Waals surface area (Å²) < 4.78 is 63.9. The smallest absolute Gasteiger partial charge is 0.376 e. The first-order valence-electron chi connectivity index (χ1n) is 7.97. The van der Waals surface area contributed by atoms with Gasteiger partial charge in [0.1, 0.15) is 5.75 Å². The SMILES string of the molecule is C[C@@H]1CN(c2cnc3ccc(OS(=O)(=O)C(F)(F)F)cc3c2)C[C@H](C)N1. The Morgan fingerprint density at radius 2 is 1.85 bits per heavy atom. The van der Waals surface area contributed by atoms with Gasteiger partial charge in [0.25, 0.3) is 0 Å². The van der Waals surface area contributed by atoms with E-state index in [2.05, 4.69) is 33.2 Å². The maximum absolute atomic E-state index is 12.5. The summed E-state index contributed by atoms with van der Waals surface area (Å²) in [5.41, 5.74) is -4.13. The number of rotatable bonds is 3. The molecule has 0 spiro atoms. The molecule has 0 bridgehead atoms. The van der Waals surface area contributed by atoms with Gasteiger partial charge in [-0.15, -0.1) is 0 Å². The first-order valence-corrected chi connectivity index (χ1v) is 9.37. The zero-order valence-electron chi connectivity index (χ0n) is 14.1. The molecule has 1 aliphatic heterocycles. The molecule has 1 saturated heterocycles. The van der Waals surface area contributed by atoms with Crippen molar-refractivity contribution in [1.29, 1.82) is 0 Å². The molecule has 1 aromatic carbocycles. The highest BCUT2D eigenvalue weighted by molar-refractivity contribution is 7.88. The summed E-state index contributed by atoms with van der Waals surface area (Å²) in [4.78, 5) is 6.43. The van der Waals surface area contributed by atoms with Crippen molar-refractivity contribution >= 4 is 26.7 Å². The fraction of sp³-hybridized carbons (Fsp3) is 0.438. The summed E-state index contributed by atoms with van der Waals surface area (Å²) in [6.07, 6.45) is 1.69. The second-order valence-corrected chi connectivity index (χ2v) is 7.94. The van der Waals surface area contributed by atoms with Crippen LogP contribution in [0.4, 0.5) is 18.9 Å². The van der Waals surface area contributed by atoms with Crippen molar-refractivity contribution in [2.45, 2.75) is 31.4 Å². The monoisotopic (exact) mass is 389 g/mol. The van der Waals surface area contributed by atoms with E-state index in [0.717, 1.165) is 24.8 Å². The number of hydrogen-bond acceptors (Lipinski definition) is 6. The summed E-state index contributed by atoms with van der Waals surface area (Å²) in [6, 6.07) is 6.13. The summed E-state index contributed by atoms with van der Waals surface area (Å²) in [6.45, 7) is 5.64. The predicted molar refractivity (Wildman–Crippen MR) is 91.6 cm³/mol. The van der Waals surface area contributed by atoms with Crippen LogP contribution in [0.1, 0.15) is 13.8 Å². The predicted octanol–water partition coefficient (Wildman–Crippen LogP) is 2.65. The van der Waals surface area contributed by atoms with Crippen molar-refractivity contribution in [3.8, 4) is 5.75 Å². The highest BCUT2D eigenvalue weighted by Crippen LogP contribution is 2.30. The van der Waals surface area contributed by atoms with Crippen LogP contribution < -0.4 is 14.4 Å². The fourth-order valence-electron chi connectivity index (χ4n) is 3.03. The molecule has 0 saturated carbocycles. The average molecular weight is 389 g/mol. The van der Waals surface area contributed by atoms with Gasteiger partial charge in [-0.05, 0) is 38.1 Å². The molecule has 2 atom stereocenters. The lowest BCUT2D eigenvalue weighted by Gasteiger charge is -2.37. The van der Waals surface area contributed by atoms with Crippen LogP contribution in [0.15, 0.2) is 30.5 Å². The van der Waals surface area contributed by atoms with Crippen LogP contribution in [0.5, 0.6) is 5.75 Å². The maximum Gasteiger partial charge on any atom is 0.534 e. The number of piperazine rings is 1. The molecule has 26 heavy (non-hydrogen) atoms. The van der Waals surface area contributed by atoms with E-state index in [1.54, 1.807) is 12.3 Å². The van der Waals surface area contributed by atoms with E-state index in [1.165, 1.54) is 12.1 Å².